The van der Waals surface area contributed by atoms with E-state index in [0.717, 1.165) is 17.3 Å². The highest BCUT2D eigenvalue weighted by Crippen LogP contribution is 2.58. The van der Waals surface area contributed by atoms with Crippen LogP contribution in [0, 0.1) is 17.3 Å². The van der Waals surface area contributed by atoms with Crippen molar-refractivity contribution in [1.29, 1.82) is 0 Å². The van der Waals surface area contributed by atoms with Crippen LogP contribution in [-0.2, 0) is 0 Å². The van der Waals surface area contributed by atoms with Crippen LogP contribution in [-0.4, -0.2) is 0 Å². The third kappa shape index (κ3) is 1.41. The fourth-order valence-electron chi connectivity index (χ4n) is 3.64. The average Bonchev–Trinajstić information content (AvgIpc) is 2.31. The molecule has 0 aromatic rings. The maximum absolute atomic E-state index is 2.43. The third-order valence-corrected chi connectivity index (χ3v) is 4.09. The van der Waals surface area contributed by atoms with Gasteiger partial charge in [-0.2, -0.15) is 0 Å². The first-order valence-corrected chi connectivity index (χ1v) is 5.74. The Morgan fingerprint density at radius 1 is 1.25 bits per heavy atom. The predicted molar refractivity (Wildman–Crippen MR) is 53.1 cm³/mol. The van der Waals surface area contributed by atoms with Gasteiger partial charge in [0.2, 0.25) is 0 Å². The molecule has 0 bridgehead atoms. The monoisotopic (exact) mass is 166 g/mol. The summed E-state index contributed by atoms with van der Waals surface area (Å²) in [6, 6.07) is 0. The molecule has 0 N–H and O–H groups in total. The van der Waals surface area contributed by atoms with Crippen molar-refractivity contribution in [1.82, 2.24) is 0 Å². The van der Waals surface area contributed by atoms with E-state index in [1.165, 1.54) is 19.3 Å². The number of hydrogen-bond donors (Lipinski definition) is 0. The molecule has 0 aromatic heterocycles. The van der Waals surface area contributed by atoms with Gasteiger partial charge in [0.15, 0.2) is 0 Å². The Morgan fingerprint density at radius 3 is 2.50 bits per heavy atom. The van der Waals surface area contributed by atoms with Crippen LogP contribution in [0.3, 0.4) is 0 Å². The molecular weight excluding hydrogens is 144 g/mol. The summed E-state index contributed by atoms with van der Waals surface area (Å²) in [6.07, 6.45) is 10.7. The van der Waals surface area contributed by atoms with Gasteiger partial charge < -0.3 is 0 Å². The molecule has 2 saturated carbocycles. The molecule has 0 radical (unpaired) electrons. The molecule has 1 atom stereocenters. The molecule has 0 saturated heterocycles. The van der Waals surface area contributed by atoms with Crippen molar-refractivity contribution >= 4 is 0 Å². The zero-order valence-corrected chi connectivity index (χ0v) is 8.60. The van der Waals surface area contributed by atoms with Gasteiger partial charge >= 0.3 is 0 Å². The van der Waals surface area contributed by atoms with Gasteiger partial charge in [-0.1, -0.05) is 33.1 Å². The van der Waals surface area contributed by atoms with Crippen molar-refractivity contribution in [3.05, 3.63) is 0 Å². The summed E-state index contributed by atoms with van der Waals surface area (Å²) >= 11 is 0. The van der Waals surface area contributed by atoms with Crippen LogP contribution in [0.5, 0.6) is 0 Å². The molecule has 1 spiro atoms. The lowest BCUT2D eigenvalue weighted by Gasteiger charge is -2.46. The Balaban J connectivity index is 1.79. The van der Waals surface area contributed by atoms with Crippen LogP contribution in [0.1, 0.15) is 58.8 Å². The lowest BCUT2D eigenvalue weighted by molar-refractivity contribution is 0.0524. The first kappa shape index (κ1) is 8.59. The maximum atomic E-state index is 2.43. The van der Waals surface area contributed by atoms with E-state index in [-0.39, 0.29) is 0 Å². The van der Waals surface area contributed by atoms with E-state index in [0.29, 0.717) is 0 Å². The van der Waals surface area contributed by atoms with E-state index in [4.69, 9.17) is 0 Å². The van der Waals surface area contributed by atoms with Crippen LogP contribution in [0.15, 0.2) is 0 Å². The van der Waals surface area contributed by atoms with E-state index in [1.807, 2.05) is 0 Å². The molecule has 0 aromatic carbocycles. The molecule has 0 unspecified atom stereocenters. The summed E-state index contributed by atoms with van der Waals surface area (Å²) in [6.45, 7) is 4.75. The quantitative estimate of drug-likeness (QED) is 0.581. The number of rotatable bonds is 2. The highest BCUT2D eigenvalue weighted by molar-refractivity contribution is 4.97. The molecule has 2 rings (SSSR count). The third-order valence-electron chi connectivity index (χ3n) is 4.09. The summed E-state index contributed by atoms with van der Waals surface area (Å²) in [5, 5.41) is 0. The lowest BCUT2D eigenvalue weighted by Crippen LogP contribution is -2.34. The maximum Gasteiger partial charge on any atom is -0.0290 e. The second-order valence-electron chi connectivity index (χ2n) is 5.41. The van der Waals surface area contributed by atoms with Crippen molar-refractivity contribution in [2.24, 2.45) is 17.3 Å². The van der Waals surface area contributed by atoms with Crippen LogP contribution in [0.4, 0.5) is 0 Å². The SMILES string of the molecule is CCCC1CC2(CC[C@@H](C)C2)C1. The Bertz CT molecular complexity index is 153. The topological polar surface area (TPSA) is 0 Å². The van der Waals surface area contributed by atoms with Crippen molar-refractivity contribution in [3.63, 3.8) is 0 Å². The summed E-state index contributed by atoms with van der Waals surface area (Å²) in [5.41, 5.74) is 0.860. The van der Waals surface area contributed by atoms with Gasteiger partial charge in [-0.3, -0.25) is 0 Å². The van der Waals surface area contributed by atoms with Gasteiger partial charge in [0, 0.05) is 0 Å². The molecule has 2 aliphatic rings. The minimum atomic E-state index is 0.860. The molecule has 12 heavy (non-hydrogen) atoms. The zero-order chi connectivity index (χ0) is 8.60. The van der Waals surface area contributed by atoms with Crippen LogP contribution in [0.25, 0.3) is 0 Å². The van der Waals surface area contributed by atoms with Gasteiger partial charge in [0.1, 0.15) is 0 Å². The molecule has 0 amide bonds. The summed E-state index contributed by atoms with van der Waals surface area (Å²) < 4.78 is 0. The first-order valence-electron chi connectivity index (χ1n) is 5.74. The van der Waals surface area contributed by atoms with Crippen LogP contribution in [0.2, 0.25) is 0 Å². The normalized spacial score (nSPS) is 46.5. The predicted octanol–water partition coefficient (Wildman–Crippen LogP) is 4.00. The largest absolute Gasteiger partial charge is 0.0654 e. The molecule has 0 heteroatoms. The highest BCUT2D eigenvalue weighted by atomic mass is 14.5. The van der Waals surface area contributed by atoms with Gasteiger partial charge in [-0.15, -0.1) is 0 Å². The molecule has 0 aliphatic heterocycles. The Labute approximate surface area is 76.7 Å². The Hall–Kier alpha value is 0. The summed E-state index contributed by atoms with van der Waals surface area (Å²) in [5.74, 6) is 2.15. The van der Waals surface area contributed by atoms with Crippen LogP contribution < -0.4 is 0 Å². The first-order chi connectivity index (χ1) is 5.74. The lowest BCUT2D eigenvalue weighted by atomic mass is 9.59. The fraction of sp³-hybridized carbons (Fsp3) is 1.00. The Morgan fingerprint density at radius 2 is 2.00 bits per heavy atom. The summed E-state index contributed by atoms with van der Waals surface area (Å²) in [4.78, 5) is 0. The van der Waals surface area contributed by atoms with Gasteiger partial charge in [0.25, 0.3) is 0 Å². The van der Waals surface area contributed by atoms with E-state index >= 15 is 0 Å². The molecule has 0 heterocycles. The van der Waals surface area contributed by atoms with Gasteiger partial charge in [-0.05, 0) is 42.9 Å². The van der Waals surface area contributed by atoms with Gasteiger partial charge in [0.05, 0.1) is 0 Å². The van der Waals surface area contributed by atoms with E-state index < -0.39 is 0 Å². The second-order valence-corrected chi connectivity index (χ2v) is 5.41. The number of hydrogen-bond acceptors (Lipinski definition) is 0. The highest BCUT2D eigenvalue weighted by Gasteiger charge is 2.46. The molecule has 2 aliphatic carbocycles. The molecule has 2 fully saturated rings. The smallest absolute Gasteiger partial charge is 0.0290 e. The van der Waals surface area contributed by atoms with Crippen LogP contribution >= 0.6 is 0 Å². The van der Waals surface area contributed by atoms with E-state index in [2.05, 4.69) is 13.8 Å². The zero-order valence-electron chi connectivity index (χ0n) is 8.60. The second kappa shape index (κ2) is 3.05. The average molecular weight is 166 g/mol. The van der Waals surface area contributed by atoms with Crippen molar-refractivity contribution in [2.75, 3.05) is 0 Å². The molecular formula is C12H22. The molecule has 0 nitrogen and oxygen atoms in total. The summed E-state index contributed by atoms with van der Waals surface area (Å²) in [7, 11) is 0. The molecule has 70 valence electrons. The van der Waals surface area contributed by atoms with Gasteiger partial charge in [-0.25, -0.2) is 0 Å². The van der Waals surface area contributed by atoms with Crippen molar-refractivity contribution < 1.29 is 0 Å². The fourth-order valence-corrected chi connectivity index (χ4v) is 3.64. The standard InChI is InChI=1S/C12H22/c1-3-4-11-8-12(9-11)6-5-10(2)7-12/h10-11H,3-9H2,1-2H3/t10-,11?,12?/m1/s1. The minimum absolute atomic E-state index is 0.860. The van der Waals surface area contributed by atoms with E-state index in [1.54, 1.807) is 25.7 Å². The van der Waals surface area contributed by atoms with E-state index in [9.17, 15) is 0 Å². The van der Waals surface area contributed by atoms with Crippen molar-refractivity contribution in [3.8, 4) is 0 Å². The Kier molecular flexibility index (Phi) is 2.18. The van der Waals surface area contributed by atoms with Crippen molar-refractivity contribution in [2.45, 2.75) is 58.8 Å². The minimum Gasteiger partial charge on any atom is -0.0654 e.